The number of ether oxygens (including phenoxy) is 2. The Kier molecular flexibility index (Phi) is 10.3. The van der Waals surface area contributed by atoms with Gasteiger partial charge in [-0.1, -0.05) is 13.8 Å². The number of anilines is 2. The molecule has 0 unspecified atom stereocenters. The highest BCUT2D eigenvalue weighted by Gasteiger charge is 2.08. The monoisotopic (exact) mass is 530 g/mol. The third kappa shape index (κ3) is 7.82. The summed E-state index contributed by atoms with van der Waals surface area (Å²) >= 11 is 3.59. The molecule has 0 aliphatic heterocycles. The highest BCUT2D eigenvalue weighted by atomic mass is 32.2. The maximum Gasteiger partial charge on any atom is 0.413 e. The van der Waals surface area contributed by atoms with Crippen molar-refractivity contribution in [2.75, 3.05) is 36.4 Å². The summed E-state index contributed by atoms with van der Waals surface area (Å²) < 4.78 is 9.03. The number of aromatic nitrogens is 4. The maximum absolute atomic E-state index is 11.1. The average Bonchev–Trinajstić information content (AvgIpc) is 3.48. The van der Waals surface area contributed by atoms with E-state index in [-0.39, 0.29) is 0 Å². The summed E-state index contributed by atoms with van der Waals surface area (Å²) in [6.45, 7) is 4.30. The van der Waals surface area contributed by atoms with E-state index < -0.39 is 12.2 Å². The lowest BCUT2D eigenvalue weighted by Gasteiger charge is -1.98. The van der Waals surface area contributed by atoms with E-state index in [2.05, 4.69) is 53.9 Å². The number of aromatic amines is 2. The number of hydrogen-bond acceptors (Lipinski definition) is 8. The molecule has 2 aromatic heterocycles. The minimum absolute atomic E-state index is 0.398. The van der Waals surface area contributed by atoms with Gasteiger partial charge in [0.25, 0.3) is 0 Å². The second-order valence-corrected chi connectivity index (χ2v) is 9.80. The molecule has 12 heteroatoms. The van der Waals surface area contributed by atoms with Crippen LogP contribution in [0.4, 0.5) is 21.5 Å². The van der Waals surface area contributed by atoms with Gasteiger partial charge in [-0.05, 0) is 60.7 Å². The molecule has 2 heterocycles. The zero-order valence-electron chi connectivity index (χ0n) is 20.6. The predicted molar refractivity (Wildman–Crippen MR) is 146 cm³/mol. The number of fused-ring (bicyclic) bond motifs is 2. The van der Waals surface area contributed by atoms with Crippen molar-refractivity contribution >= 4 is 69.7 Å². The Balaban J connectivity index is 0.000000201. The number of carbonyl (C=O) groups is 2. The van der Waals surface area contributed by atoms with Crippen molar-refractivity contribution in [2.24, 2.45) is 0 Å². The van der Waals surface area contributed by atoms with Gasteiger partial charge < -0.3 is 19.4 Å². The van der Waals surface area contributed by atoms with Crippen LogP contribution in [-0.4, -0.2) is 57.8 Å². The van der Waals surface area contributed by atoms with Crippen LogP contribution in [0.3, 0.4) is 0 Å². The highest BCUT2D eigenvalue weighted by Crippen LogP contribution is 2.25. The minimum atomic E-state index is -0.533. The Morgan fingerprint density at radius 1 is 0.778 bits per heavy atom. The van der Waals surface area contributed by atoms with Gasteiger partial charge in [0.1, 0.15) is 0 Å². The van der Waals surface area contributed by atoms with Crippen molar-refractivity contribution in [1.29, 1.82) is 0 Å². The van der Waals surface area contributed by atoms with Crippen LogP contribution in [0.5, 0.6) is 0 Å². The number of nitrogens with one attached hydrogen (secondary N) is 4. The molecule has 36 heavy (non-hydrogen) atoms. The van der Waals surface area contributed by atoms with Crippen LogP contribution in [-0.2, 0) is 9.47 Å². The van der Waals surface area contributed by atoms with Gasteiger partial charge in [-0.25, -0.2) is 19.6 Å². The Hall–Kier alpha value is -3.38. The first kappa shape index (κ1) is 27.2. The number of rotatable bonds is 8. The van der Waals surface area contributed by atoms with Gasteiger partial charge in [0, 0.05) is 9.79 Å². The topological polar surface area (TPSA) is 134 Å². The molecule has 0 saturated heterocycles. The summed E-state index contributed by atoms with van der Waals surface area (Å²) in [6, 6.07) is 12.0. The Morgan fingerprint density at radius 2 is 1.19 bits per heavy atom. The summed E-state index contributed by atoms with van der Waals surface area (Å²) in [5, 5.41) is 5.02. The highest BCUT2D eigenvalue weighted by molar-refractivity contribution is 7.99. The van der Waals surface area contributed by atoms with Crippen molar-refractivity contribution in [3.63, 3.8) is 0 Å². The number of methoxy groups -OCH3 is 2. The van der Waals surface area contributed by atoms with E-state index in [0.29, 0.717) is 11.9 Å². The van der Waals surface area contributed by atoms with E-state index in [1.54, 1.807) is 23.5 Å². The molecule has 4 N–H and O–H groups in total. The summed E-state index contributed by atoms with van der Waals surface area (Å²) in [4.78, 5) is 39.1. The standard InChI is InChI=1S/2C12H15N3O2S/c2*1-3-6-18-8-4-5-9-10(7-8)14-11(13-9)15-12(16)17-2/h2*4-5,7H,3,6H2,1-2H3,(H2,13,14,15,16). The van der Waals surface area contributed by atoms with E-state index in [9.17, 15) is 9.59 Å². The second kappa shape index (κ2) is 13.6. The van der Waals surface area contributed by atoms with Crippen molar-refractivity contribution in [2.45, 2.75) is 36.5 Å². The quantitative estimate of drug-likeness (QED) is 0.190. The largest absolute Gasteiger partial charge is 0.453 e. The first-order valence-corrected chi connectivity index (χ1v) is 13.4. The molecule has 0 spiro atoms. The molecular weight excluding hydrogens is 500 g/mol. The number of hydrogen-bond donors (Lipinski definition) is 4. The summed E-state index contributed by atoms with van der Waals surface area (Å²) in [6.07, 6.45) is 1.21. The Morgan fingerprint density at radius 3 is 1.56 bits per heavy atom. The fraction of sp³-hybridized carbons (Fsp3) is 0.333. The number of amides is 2. The second-order valence-electron chi connectivity index (χ2n) is 7.46. The smallest absolute Gasteiger partial charge is 0.413 e. The van der Waals surface area contributed by atoms with Crippen molar-refractivity contribution in [3.05, 3.63) is 36.4 Å². The molecule has 2 amide bonds. The van der Waals surface area contributed by atoms with Crippen LogP contribution in [0.2, 0.25) is 0 Å². The van der Waals surface area contributed by atoms with Crippen molar-refractivity contribution < 1.29 is 19.1 Å². The zero-order valence-corrected chi connectivity index (χ0v) is 22.3. The van der Waals surface area contributed by atoms with Gasteiger partial charge in [-0.2, -0.15) is 0 Å². The van der Waals surface area contributed by atoms with E-state index in [1.165, 1.54) is 24.0 Å². The molecule has 0 radical (unpaired) electrons. The number of imidazole rings is 2. The summed E-state index contributed by atoms with van der Waals surface area (Å²) in [7, 11) is 2.63. The molecule has 0 atom stereocenters. The number of H-pyrrole nitrogens is 2. The summed E-state index contributed by atoms with van der Waals surface area (Å²) in [5.74, 6) is 2.97. The van der Waals surface area contributed by atoms with Crippen LogP contribution in [0.25, 0.3) is 22.1 Å². The van der Waals surface area contributed by atoms with Gasteiger partial charge in [-0.3, -0.25) is 10.6 Å². The molecule has 2 aromatic carbocycles. The zero-order chi connectivity index (χ0) is 25.9. The third-order valence-electron chi connectivity index (χ3n) is 4.67. The molecule has 0 fully saturated rings. The van der Waals surface area contributed by atoms with E-state index in [0.717, 1.165) is 46.4 Å². The molecule has 4 rings (SSSR count). The van der Waals surface area contributed by atoms with Gasteiger partial charge in [-0.15, -0.1) is 23.5 Å². The molecule has 0 saturated carbocycles. The first-order chi connectivity index (χ1) is 17.4. The van der Waals surface area contributed by atoms with Crippen LogP contribution >= 0.6 is 23.5 Å². The fourth-order valence-electron chi connectivity index (χ4n) is 3.00. The third-order valence-corrected chi connectivity index (χ3v) is 7.07. The van der Waals surface area contributed by atoms with Gasteiger partial charge >= 0.3 is 12.2 Å². The van der Waals surface area contributed by atoms with Crippen LogP contribution in [0.1, 0.15) is 26.7 Å². The van der Waals surface area contributed by atoms with Crippen molar-refractivity contribution in [1.82, 2.24) is 19.9 Å². The van der Waals surface area contributed by atoms with Gasteiger partial charge in [0.15, 0.2) is 0 Å². The molecule has 0 aliphatic rings. The number of benzene rings is 2. The lowest BCUT2D eigenvalue weighted by molar-refractivity contribution is 0.186. The average molecular weight is 531 g/mol. The lowest BCUT2D eigenvalue weighted by atomic mass is 10.3. The molecular formula is C24H30N6O4S2. The van der Waals surface area contributed by atoms with E-state index >= 15 is 0 Å². The first-order valence-electron chi connectivity index (χ1n) is 11.4. The minimum Gasteiger partial charge on any atom is -0.453 e. The summed E-state index contributed by atoms with van der Waals surface area (Å²) in [5.41, 5.74) is 3.45. The van der Waals surface area contributed by atoms with Crippen LogP contribution in [0, 0.1) is 0 Å². The molecule has 4 aromatic rings. The maximum atomic E-state index is 11.1. The fourth-order valence-corrected chi connectivity index (χ4v) is 4.60. The number of thioether (sulfide) groups is 2. The predicted octanol–water partition coefficient (Wildman–Crippen LogP) is 6.49. The van der Waals surface area contributed by atoms with E-state index in [1.807, 2.05) is 36.4 Å². The normalized spacial score (nSPS) is 10.6. The van der Waals surface area contributed by atoms with Crippen LogP contribution in [0.15, 0.2) is 46.2 Å². The molecule has 192 valence electrons. The van der Waals surface area contributed by atoms with Gasteiger partial charge in [0.2, 0.25) is 11.9 Å². The van der Waals surface area contributed by atoms with Crippen molar-refractivity contribution in [3.8, 4) is 0 Å². The number of nitrogens with zero attached hydrogens (tertiary/aromatic N) is 2. The van der Waals surface area contributed by atoms with E-state index in [4.69, 9.17) is 0 Å². The SMILES string of the molecule is CCCSc1ccc2[nH]c(NC(=O)OC)nc2c1.CCCSc1ccc2[nH]c(NC(=O)OC)nc2c1. The lowest BCUT2D eigenvalue weighted by Crippen LogP contribution is -2.11. The van der Waals surface area contributed by atoms with Gasteiger partial charge in [0.05, 0.1) is 36.3 Å². The Labute approximate surface area is 217 Å². The Bertz CT molecular complexity index is 1210. The molecule has 0 aliphatic carbocycles. The molecule has 10 nitrogen and oxygen atoms in total. The molecule has 0 bridgehead atoms. The number of carbonyl (C=O) groups excluding carboxylic acids is 2. The van der Waals surface area contributed by atoms with Crippen LogP contribution < -0.4 is 10.6 Å².